The second-order valence-electron chi connectivity index (χ2n) is 4.01. The monoisotopic (exact) mass is 258 g/mol. The second-order valence-corrected chi connectivity index (χ2v) is 4.01. The number of nitrogens with zero attached hydrogens (tertiary/aromatic N) is 2. The molecule has 0 radical (unpaired) electrons. The van der Waals surface area contributed by atoms with Gasteiger partial charge in [0.25, 0.3) is 5.56 Å². The molecule has 0 bridgehead atoms. The highest BCUT2D eigenvalue weighted by molar-refractivity contribution is 5.89. The van der Waals surface area contributed by atoms with Crippen LogP contribution in [0.3, 0.4) is 0 Å². The summed E-state index contributed by atoms with van der Waals surface area (Å²) in [5, 5.41) is 9.85. The molecule has 0 aliphatic rings. The molecule has 1 aromatic carbocycles. The number of fused-ring (bicyclic) bond motifs is 1. The minimum absolute atomic E-state index is 0.148. The normalized spacial score (nSPS) is 10.2. The fraction of sp³-hybridized carbons (Fsp3) is 0.286. The zero-order valence-electron chi connectivity index (χ0n) is 10.8. The first-order valence-electron chi connectivity index (χ1n) is 5.83. The molecule has 0 amide bonds. The van der Waals surface area contributed by atoms with Crippen LogP contribution in [0.4, 0.5) is 0 Å². The van der Waals surface area contributed by atoms with Crippen molar-refractivity contribution in [3.8, 4) is 17.6 Å². The van der Waals surface area contributed by atoms with Crippen LogP contribution in [0.1, 0.15) is 6.42 Å². The fourth-order valence-corrected chi connectivity index (χ4v) is 1.97. The first-order chi connectivity index (χ1) is 9.21. The summed E-state index contributed by atoms with van der Waals surface area (Å²) in [5.74, 6) is 1.17. The van der Waals surface area contributed by atoms with Crippen molar-refractivity contribution in [1.29, 1.82) is 5.26 Å². The first-order valence-corrected chi connectivity index (χ1v) is 5.83. The summed E-state index contributed by atoms with van der Waals surface area (Å²) in [5.41, 5.74) is -0.148. The van der Waals surface area contributed by atoms with E-state index in [0.717, 1.165) is 5.39 Å². The third-order valence-electron chi connectivity index (χ3n) is 2.95. The molecule has 0 saturated heterocycles. The van der Waals surface area contributed by atoms with E-state index in [0.29, 0.717) is 29.9 Å². The van der Waals surface area contributed by atoms with E-state index in [-0.39, 0.29) is 5.56 Å². The van der Waals surface area contributed by atoms with E-state index >= 15 is 0 Å². The maximum absolute atomic E-state index is 12.3. The standard InChI is InChI=1S/C14H14N2O3/c1-18-10-8-12-11(13(9-10)19-2)4-7-16(14(12)17)6-3-5-15/h4,7-9H,3,6H2,1-2H3. The molecule has 1 heterocycles. The molecule has 0 atom stereocenters. The number of hydrogen-bond acceptors (Lipinski definition) is 4. The van der Waals surface area contributed by atoms with Crippen LogP contribution in [0.25, 0.3) is 10.8 Å². The summed E-state index contributed by atoms with van der Waals surface area (Å²) < 4.78 is 11.9. The van der Waals surface area contributed by atoms with Crippen molar-refractivity contribution in [3.63, 3.8) is 0 Å². The number of hydrogen-bond donors (Lipinski definition) is 0. The molecule has 2 aromatic rings. The Bertz CT molecular complexity index is 698. The van der Waals surface area contributed by atoms with E-state index in [4.69, 9.17) is 14.7 Å². The molecule has 0 unspecified atom stereocenters. The van der Waals surface area contributed by atoms with Crippen molar-refractivity contribution in [1.82, 2.24) is 4.57 Å². The SMILES string of the molecule is COc1cc(OC)c2ccn(CCC#N)c(=O)c2c1. The number of methoxy groups -OCH3 is 2. The molecule has 0 spiro atoms. The van der Waals surface area contributed by atoms with Gasteiger partial charge in [-0.1, -0.05) is 0 Å². The highest BCUT2D eigenvalue weighted by atomic mass is 16.5. The molecule has 98 valence electrons. The molecule has 1 aromatic heterocycles. The van der Waals surface area contributed by atoms with E-state index in [2.05, 4.69) is 0 Å². The predicted molar refractivity (Wildman–Crippen MR) is 71.5 cm³/mol. The van der Waals surface area contributed by atoms with Crippen LogP contribution in [0, 0.1) is 11.3 Å². The molecule has 0 saturated carbocycles. The summed E-state index contributed by atoms with van der Waals surface area (Å²) in [6.07, 6.45) is 1.98. The molecular weight excluding hydrogens is 244 g/mol. The van der Waals surface area contributed by atoms with Gasteiger partial charge in [0.05, 0.1) is 32.1 Å². The molecule has 19 heavy (non-hydrogen) atoms. The Labute approximate surface area is 110 Å². The average molecular weight is 258 g/mol. The van der Waals surface area contributed by atoms with Crippen molar-refractivity contribution < 1.29 is 9.47 Å². The van der Waals surface area contributed by atoms with Crippen LogP contribution >= 0.6 is 0 Å². The first kappa shape index (κ1) is 13.0. The zero-order valence-corrected chi connectivity index (χ0v) is 10.8. The van der Waals surface area contributed by atoms with Gasteiger partial charge in [-0.15, -0.1) is 0 Å². The Hall–Kier alpha value is -2.48. The third-order valence-corrected chi connectivity index (χ3v) is 2.95. The Kier molecular flexibility index (Phi) is 3.71. The Morgan fingerprint density at radius 1 is 1.26 bits per heavy atom. The van der Waals surface area contributed by atoms with Gasteiger partial charge in [-0.05, 0) is 12.1 Å². The highest BCUT2D eigenvalue weighted by Gasteiger charge is 2.09. The number of aromatic nitrogens is 1. The van der Waals surface area contributed by atoms with Gasteiger partial charge in [0.1, 0.15) is 11.5 Å². The van der Waals surface area contributed by atoms with Gasteiger partial charge < -0.3 is 14.0 Å². The van der Waals surface area contributed by atoms with Crippen LogP contribution in [0.15, 0.2) is 29.2 Å². The lowest BCUT2D eigenvalue weighted by Crippen LogP contribution is -2.19. The number of pyridine rings is 1. The lowest BCUT2D eigenvalue weighted by Gasteiger charge is -2.10. The van der Waals surface area contributed by atoms with Crippen molar-refractivity contribution in [3.05, 3.63) is 34.7 Å². The molecule has 2 rings (SSSR count). The van der Waals surface area contributed by atoms with E-state index < -0.39 is 0 Å². The van der Waals surface area contributed by atoms with Crippen LogP contribution in [0.2, 0.25) is 0 Å². The van der Waals surface area contributed by atoms with Crippen LogP contribution in [-0.4, -0.2) is 18.8 Å². The molecule has 0 fully saturated rings. The Balaban J connectivity index is 2.67. The molecule has 5 heteroatoms. The van der Waals surface area contributed by atoms with E-state index in [1.807, 2.05) is 12.1 Å². The van der Waals surface area contributed by atoms with Gasteiger partial charge in [0, 0.05) is 24.2 Å². The average Bonchev–Trinajstić information content (AvgIpc) is 2.45. The van der Waals surface area contributed by atoms with Crippen molar-refractivity contribution >= 4 is 10.8 Å². The van der Waals surface area contributed by atoms with Crippen LogP contribution < -0.4 is 15.0 Å². The van der Waals surface area contributed by atoms with E-state index in [9.17, 15) is 4.79 Å². The quantitative estimate of drug-likeness (QED) is 0.840. The highest BCUT2D eigenvalue weighted by Crippen LogP contribution is 2.28. The van der Waals surface area contributed by atoms with Gasteiger partial charge in [-0.2, -0.15) is 5.26 Å². The Morgan fingerprint density at radius 3 is 2.68 bits per heavy atom. The third kappa shape index (κ3) is 2.38. The summed E-state index contributed by atoms with van der Waals surface area (Å²) >= 11 is 0. The van der Waals surface area contributed by atoms with Gasteiger partial charge in [-0.25, -0.2) is 0 Å². The van der Waals surface area contributed by atoms with Gasteiger partial charge in [0.2, 0.25) is 0 Å². The number of rotatable bonds is 4. The maximum atomic E-state index is 12.3. The number of ether oxygens (including phenoxy) is 2. The smallest absolute Gasteiger partial charge is 0.258 e. The van der Waals surface area contributed by atoms with Gasteiger partial charge in [-0.3, -0.25) is 4.79 Å². The summed E-state index contributed by atoms with van der Waals surface area (Å²) in [4.78, 5) is 12.3. The minimum atomic E-state index is -0.148. The summed E-state index contributed by atoms with van der Waals surface area (Å²) in [6, 6.07) is 7.26. The van der Waals surface area contributed by atoms with Crippen LogP contribution in [0.5, 0.6) is 11.5 Å². The number of nitriles is 1. The summed E-state index contributed by atoms with van der Waals surface area (Å²) in [7, 11) is 3.09. The summed E-state index contributed by atoms with van der Waals surface area (Å²) in [6.45, 7) is 0.380. The maximum Gasteiger partial charge on any atom is 0.258 e. The zero-order chi connectivity index (χ0) is 13.8. The Morgan fingerprint density at radius 2 is 2.05 bits per heavy atom. The number of aryl methyl sites for hydroxylation is 1. The molecule has 0 aliphatic heterocycles. The van der Waals surface area contributed by atoms with Gasteiger partial charge in [0.15, 0.2) is 0 Å². The number of benzene rings is 1. The molecule has 0 N–H and O–H groups in total. The molecule has 5 nitrogen and oxygen atoms in total. The molecular formula is C14H14N2O3. The lowest BCUT2D eigenvalue weighted by atomic mass is 10.1. The van der Waals surface area contributed by atoms with Crippen molar-refractivity contribution in [2.24, 2.45) is 0 Å². The fourth-order valence-electron chi connectivity index (χ4n) is 1.97. The van der Waals surface area contributed by atoms with Crippen LogP contribution in [-0.2, 0) is 6.54 Å². The topological polar surface area (TPSA) is 64.2 Å². The van der Waals surface area contributed by atoms with Crippen molar-refractivity contribution in [2.75, 3.05) is 14.2 Å². The predicted octanol–water partition coefficient (Wildman–Crippen LogP) is 1.93. The largest absolute Gasteiger partial charge is 0.497 e. The van der Waals surface area contributed by atoms with Crippen molar-refractivity contribution in [2.45, 2.75) is 13.0 Å². The molecule has 0 aliphatic carbocycles. The van der Waals surface area contributed by atoms with E-state index in [1.54, 1.807) is 25.4 Å². The lowest BCUT2D eigenvalue weighted by molar-refractivity contribution is 0.398. The second kappa shape index (κ2) is 5.44. The van der Waals surface area contributed by atoms with Gasteiger partial charge >= 0.3 is 0 Å². The minimum Gasteiger partial charge on any atom is -0.497 e. The van der Waals surface area contributed by atoms with E-state index in [1.165, 1.54) is 11.7 Å².